The van der Waals surface area contributed by atoms with Crippen LogP contribution in [0.1, 0.15) is 31.4 Å². The lowest BCUT2D eigenvalue weighted by Crippen LogP contribution is -2.55. The van der Waals surface area contributed by atoms with E-state index in [-0.39, 0.29) is 30.3 Å². The molecule has 2 fully saturated rings. The summed E-state index contributed by atoms with van der Waals surface area (Å²) in [6.07, 6.45) is 2.40. The average molecular weight is 444 g/mol. The molecule has 3 aliphatic rings. The van der Waals surface area contributed by atoms with Crippen LogP contribution < -0.4 is 10.2 Å². The van der Waals surface area contributed by atoms with Gasteiger partial charge in [0.25, 0.3) is 5.91 Å². The smallest absolute Gasteiger partial charge is 0.253 e. The third-order valence-electron chi connectivity index (χ3n) is 7.18. The SMILES string of the molecule is C=CCN1C(=O)[C@]2(N[C@H](CC(C)C)[C@@H]3C(=O)N(Cc4ccccc4)C(=O)[C@H]32)c2ccccc21. The third kappa shape index (κ3) is 3.08. The molecule has 0 unspecified atom stereocenters. The fourth-order valence-corrected chi connectivity index (χ4v) is 5.95. The van der Waals surface area contributed by atoms with Crippen molar-refractivity contribution in [2.75, 3.05) is 11.4 Å². The first-order chi connectivity index (χ1) is 15.9. The molecule has 3 aliphatic heterocycles. The zero-order valence-electron chi connectivity index (χ0n) is 19.0. The summed E-state index contributed by atoms with van der Waals surface area (Å²) in [5, 5.41) is 3.55. The number of carbonyl (C=O) groups excluding carboxylic acids is 3. The number of anilines is 1. The van der Waals surface area contributed by atoms with E-state index >= 15 is 0 Å². The van der Waals surface area contributed by atoms with E-state index in [2.05, 4.69) is 25.7 Å². The van der Waals surface area contributed by atoms with Gasteiger partial charge >= 0.3 is 0 Å². The molecular formula is C27H29N3O3. The van der Waals surface area contributed by atoms with E-state index in [4.69, 9.17) is 0 Å². The summed E-state index contributed by atoms with van der Waals surface area (Å²) in [5.74, 6) is -1.65. The average Bonchev–Trinajstić information content (AvgIpc) is 3.35. The van der Waals surface area contributed by atoms with Gasteiger partial charge in [-0.2, -0.15) is 0 Å². The number of benzene rings is 2. The highest BCUT2D eigenvalue weighted by Crippen LogP contribution is 2.55. The number of imide groups is 1. The van der Waals surface area contributed by atoms with Gasteiger partial charge in [-0.15, -0.1) is 6.58 Å². The largest absolute Gasteiger partial charge is 0.306 e. The van der Waals surface area contributed by atoms with E-state index < -0.39 is 17.4 Å². The summed E-state index contributed by atoms with van der Waals surface area (Å²) >= 11 is 0. The van der Waals surface area contributed by atoms with Crippen LogP contribution in [-0.4, -0.2) is 35.2 Å². The van der Waals surface area contributed by atoms with Gasteiger partial charge in [0.1, 0.15) is 5.54 Å². The van der Waals surface area contributed by atoms with Crippen LogP contribution in [0.2, 0.25) is 0 Å². The van der Waals surface area contributed by atoms with Crippen LogP contribution in [0.15, 0.2) is 67.3 Å². The van der Waals surface area contributed by atoms with E-state index in [1.54, 1.807) is 11.0 Å². The zero-order chi connectivity index (χ0) is 23.3. The van der Waals surface area contributed by atoms with Gasteiger partial charge in [-0.05, 0) is 24.0 Å². The Hall–Kier alpha value is -3.25. The molecule has 1 N–H and O–H groups in total. The minimum absolute atomic E-state index is 0.174. The molecule has 3 amide bonds. The Morgan fingerprint density at radius 1 is 1.00 bits per heavy atom. The third-order valence-corrected chi connectivity index (χ3v) is 7.18. The summed E-state index contributed by atoms with van der Waals surface area (Å²) < 4.78 is 0. The number of hydrogen-bond donors (Lipinski definition) is 1. The maximum Gasteiger partial charge on any atom is 0.253 e. The van der Waals surface area contributed by atoms with Gasteiger partial charge in [-0.25, -0.2) is 0 Å². The lowest BCUT2D eigenvalue weighted by molar-refractivity contribution is -0.143. The van der Waals surface area contributed by atoms with Crippen LogP contribution in [0.5, 0.6) is 0 Å². The van der Waals surface area contributed by atoms with Crippen molar-refractivity contribution in [3.05, 3.63) is 78.4 Å². The quantitative estimate of drug-likeness (QED) is 0.550. The summed E-state index contributed by atoms with van der Waals surface area (Å²) in [6, 6.07) is 16.9. The number of amides is 3. The van der Waals surface area contributed by atoms with Crippen molar-refractivity contribution in [3.8, 4) is 0 Å². The number of nitrogens with zero attached hydrogens (tertiary/aromatic N) is 2. The van der Waals surface area contributed by atoms with Gasteiger partial charge in [0.15, 0.2) is 0 Å². The Morgan fingerprint density at radius 2 is 1.70 bits per heavy atom. The molecule has 2 aromatic carbocycles. The van der Waals surface area contributed by atoms with Gasteiger partial charge in [-0.1, -0.05) is 68.5 Å². The van der Waals surface area contributed by atoms with Gasteiger partial charge < -0.3 is 4.90 Å². The van der Waals surface area contributed by atoms with E-state index in [0.29, 0.717) is 18.9 Å². The Morgan fingerprint density at radius 3 is 2.39 bits per heavy atom. The Bertz CT molecular complexity index is 1130. The second-order valence-electron chi connectivity index (χ2n) is 9.66. The lowest BCUT2D eigenvalue weighted by Gasteiger charge is -2.31. The first kappa shape index (κ1) is 21.6. The number of rotatable bonds is 6. The molecule has 6 heteroatoms. The maximum absolute atomic E-state index is 14.0. The molecule has 1 spiro atoms. The molecule has 6 nitrogen and oxygen atoms in total. The van der Waals surface area contributed by atoms with Crippen LogP contribution in [0.3, 0.4) is 0 Å². The van der Waals surface area contributed by atoms with Crippen LogP contribution in [0.25, 0.3) is 0 Å². The summed E-state index contributed by atoms with van der Waals surface area (Å²) in [5.41, 5.74) is 1.22. The molecular weight excluding hydrogens is 414 g/mol. The molecule has 0 aliphatic carbocycles. The number of hydrogen-bond acceptors (Lipinski definition) is 4. The molecule has 2 saturated heterocycles. The monoisotopic (exact) mass is 443 g/mol. The number of carbonyl (C=O) groups is 3. The highest BCUT2D eigenvalue weighted by molar-refractivity contribution is 6.16. The van der Waals surface area contributed by atoms with Gasteiger partial charge in [0, 0.05) is 23.8 Å². The lowest BCUT2D eigenvalue weighted by atomic mass is 9.76. The van der Waals surface area contributed by atoms with Crippen molar-refractivity contribution in [1.82, 2.24) is 10.2 Å². The van der Waals surface area contributed by atoms with Crippen LogP contribution >= 0.6 is 0 Å². The van der Waals surface area contributed by atoms with Gasteiger partial charge in [0.2, 0.25) is 11.8 Å². The molecule has 4 atom stereocenters. The van der Waals surface area contributed by atoms with Crippen molar-refractivity contribution in [2.24, 2.45) is 17.8 Å². The molecule has 0 aromatic heterocycles. The summed E-state index contributed by atoms with van der Waals surface area (Å²) in [7, 11) is 0. The standard InChI is InChI=1S/C27H29N3O3/c1-4-14-29-21-13-9-8-12-19(21)27(26(29)33)23-22(20(28-27)15-17(2)3)24(31)30(25(23)32)16-18-10-6-5-7-11-18/h4-13,17,20,22-23,28H,1,14-16H2,2-3H3/t20-,22+,23+,27+/m1/s1. The fourth-order valence-electron chi connectivity index (χ4n) is 5.95. The Kier molecular flexibility index (Phi) is 5.20. The summed E-state index contributed by atoms with van der Waals surface area (Å²) in [4.78, 5) is 44.6. The van der Waals surface area contributed by atoms with Crippen molar-refractivity contribution < 1.29 is 14.4 Å². The zero-order valence-corrected chi connectivity index (χ0v) is 19.0. The van der Waals surface area contributed by atoms with Crippen molar-refractivity contribution in [2.45, 2.75) is 38.4 Å². The van der Waals surface area contributed by atoms with Crippen molar-refractivity contribution in [3.63, 3.8) is 0 Å². The minimum atomic E-state index is -1.23. The minimum Gasteiger partial charge on any atom is -0.306 e. The number of likely N-dealkylation sites (tertiary alicyclic amines) is 1. The molecule has 0 radical (unpaired) electrons. The van der Waals surface area contributed by atoms with Crippen LogP contribution in [-0.2, 0) is 26.5 Å². The normalized spacial score (nSPS) is 28.2. The highest BCUT2D eigenvalue weighted by atomic mass is 16.2. The molecule has 0 bridgehead atoms. The molecule has 3 heterocycles. The molecule has 2 aromatic rings. The first-order valence-corrected chi connectivity index (χ1v) is 11.6. The van der Waals surface area contributed by atoms with Crippen molar-refractivity contribution in [1.29, 1.82) is 0 Å². The number of fused-ring (bicyclic) bond motifs is 4. The van der Waals surface area contributed by atoms with Crippen molar-refractivity contribution >= 4 is 23.4 Å². The van der Waals surface area contributed by atoms with E-state index in [9.17, 15) is 14.4 Å². The fraction of sp³-hybridized carbons (Fsp3) is 0.370. The predicted molar refractivity (Wildman–Crippen MR) is 126 cm³/mol. The maximum atomic E-state index is 14.0. The van der Waals surface area contributed by atoms with Gasteiger partial charge in [-0.3, -0.25) is 24.6 Å². The topological polar surface area (TPSA) is 69.7 Å². The number of para-hydroxylation sites is 1. The highest BCUT2D eigenvalue weighted by Gasteiger charge is 2.71. The Balaban J connectivity index is 1.63. The molecule has 33 heavy (non-hydrogen) atoms. The van der Waals surface area contributed by atoms with E-state index in [1.165, 1.54) is 4.90 Å². The van der Waals surface area contributed by atoms with E-state index in [1.807, 2.05) is 54.6 Å². The second-order valence-corrected chi connectivity index (χ2v) is 9.66. The summed E-state index contributed by atoms with van der Waals surface area (Å²) in [6.45, 7) is 8.58. The molecule has 170 valence electrons. The first-order valence-electron chi connectivity index (χ1n) is 11.6. The molecule has 0 saturated carbocycles. The van der Waals surface area contributed by atoms with Gasteiger partial charge in [0.05, 0.1) is 18.4 Å². The predicted octanol–water partition coefficient (Wildman–Crippen LogP) is 3.23. The van der Waals surface area contributed by atoms with Crippen LogP contribution in [0, 0.1) is 17.8 Å². The number of nitrogens with one attached hydrogen (secondary N) is 1. The van der Waals surface area contributed by atoms with E-state index in [0.717, 1.165) is 16.8 Å². The molecule has 5 rings (SSSR count). The second kappa shape index (κ2) is 7.96. The van der Waals surface area contributed by atoms with Crippen LogP contribution in [0.4, 0.5) is 5.69 Å². The Labute approximate surface area is 194 Å².